The molecule has 0 spiro atoms. The third kappa shape index (κ3) is 3.36. The summed E-state index contributed by atoms with van der Waals surface area (Å²) in [6.45, 7) is -1.05. The maximum Gasteiger partial charge on any atom is 0.419 e. The highest BCUT2D eigenvalue weighted by molar-refractivity contribution is 5.29. The maximum atomic E-state index is 13.3. The van der Waals surface area contributed by atoms with Crippen molar-refractivity contribution in [3.8, 4) is 0 Å². The molecule has 1 rings (SSSR count). The van der Waals surface area contributed by atoms with Crippen LogP contribution in [0.2, 0.25) is 0 Å². The molecule has 0 unspecified atom stereocenters. The molecule has 0 radical (unpaired) electrons. The van der Waals surface area contributed by atoms with Crippen LogP contribution in [0.3, 0.4) is 0 Å². The first-order chi connectivity index (χ1) is 7.67. The number of hydrogen-bond acceptors (Lipinski definition) is 1. The Balaban J connectivity index is 3.12. The van der Waals surface area contributed by atoms with Crippen LogP contribution in [-0.4, -0.2) is 12.5 Å². The smallest absolute Gasteiger partial charge is 0.325 e. The highest BCUT2D eigenvalue weighted by atomic mass is 19.4. The molecule has 96 valence electrons. The van der Waals surface area contributed by atoms with Crippen molar-refractivity contribution in [3.63, 3.8) is 0 Å². The molecule has 0 aliphatic carbocycles. The Morgan fingerprint density at radius 3 is 2.12 bits per heavy atom. The first-order valence-corrected chi connectivity index (χ1v) is 4.60. The van der Waals surface area contributed by atoms with Gasteiger partial charge in [-0.1, -0.05) is 12.1 Å². The van der Waals surface area contributed by atoms with Crippen LogP contribution < -0.4 is 5.73 Å². The molecule has 0 bridgehead atoms. The van der Waals surface area contributed by atoms with Gasteiger partial charge in [-0.15, -0.1) is 0 Å². The lowest BCUT2D eigenvalue weighted by molar-refractivity contribution is -0.140. The third-order valence-electron chi connectivity index (χ3n) is 2.13. The fourth-order valence-electron chi connectivity index (χ4n) is 1.29. The minimum atomic E-state index is -4.90. The van der Waals surface area contributed by atoms with E-state index in [4.69, 9.17) is 5.73 Å². The van der Waals surface area contributed by atoms with E-state index < -0.39 is 42.0 Å². The standard InChI is InChI=1S/C10H9F6N/c11-8-6(4-9(12,13)5-17)2-1-3-7(8)10(14,15)16/h1-3H,4-5,17H2. The summed E-state index contributed by atoms with van der Waals surface area (Å²) >= 11 is 0. The number of hydrogen-bond donors (Lipinski definition) is 1. The predicted octanol–water partition coefficient (Wildman–Crippen LogP) is 2.98. The van der Waals surface area contributed by atoms with Gasteiger partial charge in [0.25, 0.3) is 5.92 Å². The number of benzene rings is 1. The fraction of sp³-hybridized carbons (Fsp3) is 0.400. The van der Waals surface area contributed by atoms with Crippen molar-refractivity contribution in [2.24, 2.45) is 5.73 Å². The largest absolute Gasteiger partial charge is 0.419 e. The summed E-state index contributed by atoms with van der Waals surface area (Å²) in [5.74, 6) is -5.10. The minimum absolute atomic E-state index is 0.499. The van der Waals surface area contributed by atoms with E-state index in [1.54, 1.807) is 0 Å². The van der Waals surface area contributed by atoms with Gasteiger partial charge >= 0.3 is 6.18 Å². The summed E-state index contributed by atoms with van der Waals surface area (Å²) < 4.78 is 76.0. The molecule has 0 atom stereocenters. The van der Waals surface area contributed by atoms with E-state index in [0.717, 1.165) is 12.1 Å². The molecule has 0 aliphatic heterocycles. The van der Waals surface area contributed by atoms with Gasteiger partial charge in [0.1, 0.15) is 5.82 Å². The molecule has 0 heterocycles. The quantitative estimate of drug-likeness (QED) is 0.828. The van der Waals surface area contributed by atoms with E-state index in [0.29, 0.717) is 6.07 Å². The van der Waals surface area contributed by atoms with Gasteiger partial charge in [-0.3, -0.25) is 0 Å². The average Bonchev–Trinajstić information content (AvgIpc) is 2.19. The zero-order chi connectivity index (χ0) is 13.3. The lowest BCUT2D eigenvalue weighted by Crippen LogP contribution is -2.30. The molecule has 17 heavy (non-hydrogen) atoms. The highest BCUT2D eigenvalue weighted by Crippen LogP contribution is 2.33. The number of alkyl halides is 5. The molecular weight excluding hydrogens is 248 g/mol. The van der Waals surface area contributed by atoms with E-state index in [2.05, 4.69) is 0 Å². The SMILES string of the molecule is NCC(F)(F)Cc1cccc(C(F)(F)F)c1F. The molecule has 1 aromatic carbocycles. The van der Waals surface area contributed by atoms with Gasteiger partial charge < -0.3 is 5.73 Å². The minimum Gasteiger partial charge on any atom is -0.325 e. The average molecular weight is 257 g/mol. The summed E-state index contributed by atoms with van der Waals surface area (Å²) in [6, 6.07) is 2.27. The Kier molecular flexibility index (Phi) is 3.71. The molecular formula is C10H9F6N. The van der Waals surface area contributed by atoms with E-state index >= 15 is 0 Å². The zero-order valence-electron chi connectivity index (χ0n) is 8.49. The second kappa shape index (κ2) is 4.56. The van der Waals surface area contributed by atoms with Crippen LogP contribution in [0, 0.1) is 5.82 Å². The summed E-state index contributed by atoms with van der Waals surface area (Å²) in [6.07, 6.45) is -6.06. The Hall–Kier alpha value is -1.24. The van der Waals surface area contributed by atoms with Crippen molar-refractivity contribution >= 4 is 0 Å². The normalized spacial score (nSPS) is 12.9. The fourth-order valence-corrected chi connectivity index (χ4v) is 1.29. The van der Waals surface area contributed by atoms with Crippen LogP contribution >= 0.6 is 0 Å². The molecule has 0 aliphatic rings. The molecule has 0 fully saturated rings. The van der Waals surface area contributed by atoms with Crippen LogP contribution in [0.25, 0.3) is 0 Å². The second-order valence-electron chi connectivity index (χ2n) is 3.51. The van der Waals surface area contributed by atoms with Crippen molar-refractivity contribution in [1.29, 1.82) is 0 Å². The molecule has 0 amide bonds. The predicted molar refractivity (Wildman–Crippen MR) is 49.1 cm³/mol. The van der Waals surface area contributed by atoms with E-state index in [1.165, 1.54) is 0 Å². The summed E-state index contributed by atoms with van der Waals surface area (Å²) in [7, 11) is 0. The molecule has 2 N–H and O–H groups in total. The number of halogens is 6. The number of rotatable bonds is 3. The summed E-state index contributed by atoms with van der Waals surface area (Å²) in [4.78, 5) is 0. The van der Waals surface area contributed by atoms with Gasteiger partial charge in [0.2, 0.25) is 0 Å². The molecule has 0 saturated carbocycles. The Morgan fingerprint density at radius 1 is 1.06 bits per heavy atom. The lowest BCUT2D eigenvalue weighted by atomic mass is 10.0. The first-order valence-electron chi connectivity index (χ1n) is 4.60. The van der Waals surface area contributed by atoms with Crippen LogP contribution in [0.5, 0.6) is 0 Å². The van der Waals surface area contributed by atoms with Crippen LogP contribution in [0.1, 0.15) is 11.1 Å². The monoisotopic (exact) mass is 257 g/mol. The Labute approximate surface area is 93.2 Å². The van der Waals surface area contributed by atoms with Crippen molar-refractivity contribution in [2.75, 3.05) is 6.54 Å². The Bertz CT molecular complexity index is 398. The van der Waals surface area contributed by atoms with Crippen molar-refractivity contribution in [2.45, 2.75) is 18.5 Å². The van der Waals surface area contributed by atoms with E-state index in [1.807, 2.05) is 0 Å². The molecule has 1 aromatic rings. The zero-order valence-corrected chi connectivity index (χ0v) is 8.49. The van der Waals surface area contributed by atoms with Gasteiger partial charge in [-0.25, -0.2) is 13.2 Å². The van der Waals surface area contributed by atoms with Crippen LogP contribution in [-0.2, 0) is 12.6 Å². The van der Waals surface area contributed by atoms with E-state index in [9.17, 15) is 26.3 Å². The third-order valence-corrected chi connectivity index (χ3v) is 2.13. The van der Waals surface area contributed by atoms with Crippen molar-refractivity contribution < 1.29 is 26.3 Å². The van der Waals surface area contributed by atoms with Gasteiger partial charge in [0.05, 0.1) is 12.1 Å². The van der Waals surface area contributed by atoms with Gasteiger partial charge in [0, 0.05) is 6.42 Å². The second-order valence-corrected chi connectivity index (χ2v) is 3.51. The van der Waals surface area contributed by atoms with Gasteiger partial charge in [0.15, 0.2) is 0 Å². The van der Waals surface area contributed by atoms with Crippen LogP contribution in [0.4, 0.5) is 26.3 Å². The molecule has 0 saturated heterocycles. The van der Waals surface area contributed by atoms with E-state index in [-0.39, 0.29) is 0 Å². The van der Waals surface area contributed by atoms with Gasteiger partial charge in [-0.2, -0.15) is 13.2 Å². The molecule has 7 heteroatoms. The van der Waals surface area contributed by atoms with Crippen molar-refractivity contribution in [3.05, 3.63) is 35.1 Å². The van der Waals surface area contributed by atoms with Crippen LogP contribution in [0.15, 0.2) is 18.2 Å². The molecule has 0 aromatic heterocycles. The first kappa shape index (κ1) is 13.8. The Morgan fingerprint density at radius 2 is 1.65 bits per heavy atom. The maximum absolute atomic E-state index is 13.3. The lowest BCUT2D eigenvalue weighted by Gasteiger charge is -2.16. The summed E-state index contributed by atoms with van der Waals surface area (Å²) in [5.41, 5.74) is 2.48. The van der Waals surface area contributed by atoms with Gasteiger partial charge in [-0.05, 0) is 11.6 Å². The highest BCUT2D eigenvalue weighted by Gasteiger charge is 2.36. The van der Waals surface area contributed by atoms with Crippen molar-refractivity contribution in [1.82, 2.24) is 0 Å². The molecule has 1 nitrogen and oxygen atoms in total. The summed E-state index contributed by atoms with van der Waals surface area (Å²) in [5, 5.41) is 0. The number of nitrogens with two attached hydrogens (primary N) is 1. The topological polar surface area (TPSA) is 26.0 Å².